The smallest absolute Gasteiger partial charge is 0.257 e. The van der Waals surface area contributed by atoms with Crippen molar-refractivity contribution >= 4 is 23.2 Å². The Kier molecular flexibility index (Phi) is 6.17. The predicted octanol–water partition coefficient (Wildman–Crippen LogP) is 4.37. The Morgan fingerprint density at radius 1 is 0.966 bits per heavy atom. The minimum atomic E-state index is -0.0661. The van der Waals surface area contributed by atoms with Crippen molar-refractivity contribution < 1.29 is 14.0 Å². The third-order valence-corrected chi connectivity index (χ3v) is 6.14. The first-order chi connectivity index (χ1) is 14.2. The van der Waals surface area contributed by atoms with Crippen LogP contribution in [0.1, 0.15) is 48.9 Å². The van der Waals surface area contributed by atoms with Crippen LogP contribution in [-0.2, 0) is 4.79 Å². The van der Waals surface area contributed by atoms with Gasteiger partial charge in [0.2, 0.25) is 5.91 Å². The van der Waals surface area contributed by atoms with Gasteiger partial charge in [0.15, 0.2) is 0 Å². The van der Waals surface area contributed by atoms with Crippen molar-refractivity contribution in [1.82, 2.24) is 4.90 Å². The van der Waals surface area contributed by atoms with E-state index in [1.165, 1.54) is 38.2 Å². The van der Waals surface area contributed by atoms with E-state index in [1.54, 1.807) is 11.0 Å². The van der Waals surface area contributed by atoms with Crippen LogP contribution in [-0.4, -0.2) is 36.3 Å². The summed E-state index contributed by atoms with van der Waals surface area (Å²) < 4.78 is 4.99. The van der Waals surface area contributed by atoms with Crippen molar-refractivity contribution in [3.8, 4) is 0 Å². The molecule has 2 fully saturated rings. The number of amides is 2. The van der Waals surface area contributed by atoms with Gasteiger partial charge in [-0.05, 0) is 61.9 Å². The van der Waals surface area contributed by atoms with Gasteiger partial charge < -0.3 is 20.0 Å². The van der Waals surface area contributed by atoms with E-state index < -0.39 is 0 Å². The molecule has 0 atom stereocenters. The Balaban J connectivity index is 1.22. The Morgan fingerprint density at radius 2 is 1.66 bits per heavy atom. The Morgan fingerprint density at radius 3 is 2.31 bits per heavy atom. The molecule has 1 aliphatic heterocycles. The predicted molar refractivity (Wildman–Crippen MR) is 113 cm³/mol. The minimum absolute atomic E-state index is 0.0294. The largest absolute Gasteiger partial charge is 0.472 e. The Bertz CT molecular complexity index is 802. The Hall–Kier alpha value is -2.76. The minimum Gasteiger partial charge on any atom is -0.472 e. The number of furan rings is 1. The molecule has 0 bridgehead atoms. The Labute approximate surface area is 171 Å². The second-order valence-electron chi connectivity index (χ2n) is 8.18. The number of benzene rings is 1. The summed E-state index contributed by atoms with van der Waals surface area (Å²) >= 11 is 0. The van der Waals surface area contributed by atoms with Crippen LogP contribution in [0.25, 0.3) is 0 Å². The molecule has 1 aliphatic carbocycles. The van der Waals surface area contributed by atoms with Gasteiger partial charge in [0, 0.05) is 36.9 Å². The van der Waals surface area contributed by atoms with Crippen LogP contribution in [0.15, 0.2) is 47.3 Å². The van der Waals surface area contributed by atoms with Crippen LogP contribution in [0.4, 0.5) is 11.4 Å². The number of carbonyl (C=O) groups excluding carboxylic acids is 2. The highest BCUT2D eigenvalue weighted by Crippen LogP contribution is 2.25. The second kappa shape index (κ2) is 9.16. The monoisotopic (exact) mass is 395 g/mol. The highest BCUT2D eigenvalue weighted by Gasteiger charge is 2.28. The molecule has 2 aliphatic rings. The first-order valence-corrected chi connectivity index (χ1v) is 10.7. The quantitative estimate of drug-likeness (QED) is 0.761. The lowest BCUT2D eigenvalue weighted by molar-refractivity contribution is -0.121. The van der Waals surface area contributed by atoms with Gasteiger partial charge in [-0.3, -0.25) is 9.59 Å². The number of nitrogens with one attached hydrogen (secondary N) is 2. The van der Waals surface area contributed by atoms with Crippen LogP contribution in [0.3, 0.4) is 0 Å². The number of hydrogen-bond acceptors (Lipinski definition) is 4. The van der Waals surface area contributed by atoms with E-state index in [2.05, 4.69) is 10.6 Å². The van der Waals surface area contributed by atoms with Gasteiger partial charge in [-0.2, -0.15) is 0 Å². The molecular weight excluding hydrogens is 366 g/mol. The van der Waals surface area contributed by atoms with Crippen molar-refractivity contribution in [1.29, 1.82) is 0 Å². The third-order valence-electron chi connectivity index (χ3n) is 6.14. The number of hydrogen-bond donors (Lipinski definition) is 2. The second-order valence-corrected chi connectivity index (χ2v) is 8.18. The zero-order valence-corrected chi connectivity index (χ0v) is 16.7. The maximum absolute atomic E-state index is 12.6. The van der Waals surface area contributed by atoms with Crippen molar-refractivity contribution in [3.63, 3.8) is 0 Å². The molecule has 0 radical (unpaired) electrons. The van der Waals surface area contributed by atoms with Crippen molar-refractivity contribution in [2.45, 2.75) is 38.5 Å². The first-order valence-electron chi connectivity index (χ1n) is 10.7. The molecule has 6 nitrogen and oxygen atoms in total. The molecule has 2 amide bonds. The lowest BCUT2D eigenvalue weighted by atomic mass is 9.95. The van der Waals surface area contributed by atoms with E-state index in [4.69, 9.17) is 4.42 Å². The highest BCUT2D eigenvalue weighted by atomic mass is 16.3. The van der Waals surface area contributed by atoms with E-state index in [9.17, 15) is 9.59 Å². The zero-order valence-electron chi connectivity index (χ0n) is 16.7. The zero-order chi connectivity index (χ0) is 20.1. The van der Waals surface area contributed by atoms with E-state index in [0.717, 1.165) is 23.8 Å². The van der Waals surface area contributed by atoms with Gasteiger partial charge in [-0.1, -0.05) is 12.8 Å². The summed E-state index contributed by atoms with van der Waals surface area (Å²) in [6.07, 6.45) is 9.69. The molecule has 2 N–H and O–H groups in total. The summed E-state index contributed by atoms with van der Waals surface area (Å²) in [6.45, 7) is 2.21. The number of rotatable bonds is 6. The number of piperidine rings is 1. The van der Waals surface area contributed by atoms with E-state index >= 15 is 0 Å². The molecule has 1 saturated carbocycles. The van der Waals surface area contributed by atoms with E-state index in [-0.39, 0.29) is 17.7 Å². The lowest BCUT2D eigenvalue weighted by Gasteiger charge is -2.31. The fraction of sp³-hybridized carbons (Fsp3) is 0.478. The summed E-state index contributed by atoms with van der Waals surface area (Å²) in [4.78, 5) is 26.8. The normalized spacial score (nSPS) is 18.0. The summed E-state index contributed by atoms with van der Waals surface area (Å²) in [6, 6.07) is 9.62. The molecule has 6 heteroatoms. The molecule has 154 valence electrons. The van der Waals surface area contributed by atoms with Crippen LogP contribution < -0.4 is 10.6 Å². The van der Waals surface area contributed by atoms with Gasteiger partial charge in [0.25, 0.3) is 5.91 Å². The number of carbonyl (C=O) groups is 2. The molecule has 1 saturated heterocycles. The summed E-state index contributed by atoms with van der Waals surface area (Å²) in [5, 5.41) is 6.52. The average molecular weight is 396 g/mol. The molecule has 1 aromatic carbocycles. The maximum Gasteiger partial charge on any atom is 0.257 e. The van der Waals surface area contributed by atoms with E-state index in [1.807, 2.05) is 24.3 Å². The van der Waals surface area contributed by atoms with Crippen LogP contribution in [0, 0.1) is 11.8 Å². The standard InChI is InChI=1S/C23H29N3O3/c27-22(18-9-12-26(13-10-18)23(28)19-11-14-29-16-19)25-21-7-5-20(6-8-21)24-15-17-3-1-2-4-17/h5-8,11,14,16-18,24H,1-4,9-10,12-13,15H2,(H,25,27). The number of likely N-dealkylation sites (tertiary alicyclic amines) is 1. The topological polar surface area (TPSA) is 74.6 Å². The third kappa shape index (κ3) is 5.00. The molecular formula is C23H29N3O3. The van der Waals surface area contributed by atoms with Crippen molar-refractivity contribution in [2.24, 2.45) is 11.8 Å². The molecule has 1 aromatic heterocycles. The highest BCUT2D eigenvalue weighted by molar-refractivity contribution is 5.95. The van der Waals surface area contributed by atoms with Gasteiger partial charge in [0.05, 0.1) is 11.8 Å². The van der Waals surface area contributed by atoms with Crippen LogP contribution >= 0.6 is 0 Å². The fourth-order valence-corrected chi connectivity index (χ4v) is 4.31. The maximum atomic E-state index is 12.6. The van der Waals surface area contributed by atoms with Gasteiger partial charge >= 0.3 is 0 Å². The average Bonchev–Trinajstić information content (AvgIpc) is 3.47. The van der Waals surface area contributed by atoms with Crippen molar-refractivity contribution in [2.75, 3.05) is 30.3 Å². The molecule has 29 heavy (non-hydrogen) atoms. The van der Waals surface area contributed by atoms with Crippen molar-refractivity contribution in [3.05, 3.63) is 48.4 Å². The molecule has 0 spiro atoms. The first kappa shape index (κ1) is 19.6. The van der Waals surface area contributed by atoms with Gasteiger partial charge in [-0.15, -0.1) is 0 Å². The number of anilines is 2. The summed E-state index contributed by atoms with van der Waals surface area (Å²) in [5.74, 6) is 0.731. The van der Waals surface area contributed by atoms with Gasteiger partial charge in [-0.25, -0.2) is 0 Å². The lowest BCUT2D eigenvalue weighted by Crippen LogP contribution is -2.41. The molecule has 2 aromatic rings. The summed E-state index contributed by atoms with van der Waals surface area (Å²) in [5.41, 5.74) is 2.48. The number of nitrogens with zero attached hydrogens (tertiary/aromatic N) is 1. The molecule has 4 rings (SSSR count). The van der Waals surface area contributed by atoms with Crippen LogP contribution in [0.5, 0.6) is 0 Å². The van der Waals surface area contributed by atoms with E-state index in [0.29, 0.717) is 31.5 Å². The SMILES string of the molecule is O=C(Nc1ccc(NCC2CCCC2)cc1)C1CCN(C(=O)c2ccoc2)CC1. The van der Waals surface area contributed by atoms with Crippen LogP contribution in [0.2, 0.25) is 0 Å². The summed E-state index contributed by atoms with van der Waals surface area (Å²) in [7, 11) is 0. The molecule has 2 heterocycles. The fourth-order valence-electron chi connectivity index (χ4n) is 4.31. The van der Waals surface area contributed by atoms with Gasteiger partial charge in [0.1, 0.15) is 6.26 Å². The molecule has 0 unspecified atom stereocenters.